The Labute approximate surface area is 155 Å². The van der Waals surface area contributed by atoms with Gasteiger partial charge in [-0.3, -0.25) is 0 Å². The maximum absolute atomic E-state index is 14.0. The highest BCUT2D eigenvalue weighted by Crippen LogP contribution is 2.28. The summed E-state index contributed by atoms with van der Waals surface area (Å²) in [5.41, 5.74) is 8.31. The molecule has 0 fully saturated rings. The summed E-state index contributed by atoms with van der Waals surface area (Å²) in [6, 6.07) is 4.76. The van der Waals surface area contributed by atoms with Crippen molar-refractivity contribution >= 4 is 38.9 Å². The van der Waals surface area contributed by atoms with Crippen LogP contribution in [0.5, 0.6) is 0 Å². The fourth-order valence-electron chi connectivity index (χ4n) is 2.83. The first-order valence-corrected chi connectivity index (χ1v) is 9.17. The van der Waals surface area contributed by atoms with Crippen molar-refractivity contribution in [2.45, 2.75) is 32.1 Å². The van der Waals surface area contributed by atoms with Gasteiger partial charge in [-0.2, -0.15) is 0 Å². The van der Waals surface area contributed by atoms with Gasteiger partial charge in [0.25, 0.3) is 0 Å². The number of benzene rings is 1. The van der Waals surface area contributed by atoms with E-state index in [0.717, 1.165) is 13.0 Å². The monoisotopic (exact) mass is 405 g/mol. The molecule has 4 N–H and O–H groups in total. The van der Waals surface area contributed by atoms with Crippen LogP contribution < -0.4 is 16.4 Å². The summed E-state index contributed by atoms with van der Waals surface area (Å²) in [7, 11) is 0. The van der Waals surface area contributed by atoms with E-state index in [2.05, 4.69) is 42.6 Å². The quantitative estimate of drug-likeness (QED) is 0.589. The van der Waals surface area contributed by atoms with E-state index in [0.29, 0.717) is 27.5 Å². The van der Waals surface area contributed by atoms with Crippen molar-refractivity contribution in [1.82, 2.24) is 9.97 Å². The van der Waals surface area contributed by atoms with Crippen LogP contribution in [0, 0.1) is 5.82 Å². The van der Waals surface area contributed by atoms with Crippen LogP contribution >= 0.6 is 15.9 Å². The molecule has 0 amide bonds. The molecule has 3 rings (SSSR count). The van der Waals surface area contributed by atoms with E-state index in [1.54, 1.807) is 12.1 Å². The van der Waals surface area contributed by atoms with Gasteiger partial charge in [0.1, 0.15) is 17.8 Å². The summed E-state index contributed by atoms with van der Waals surface area (Å²) >= 11 is 3.24. The lowest BCUT2D eigenvalue weighted by Crippen LogP contribution is -2.10. The van der Waals surface area contributed by atoms with Crippen molar-refractivity contribution in [1.29, 1.82) is 0 Å². The number of nitrogens with one attached hydrogen (secondary N) is 2. The third-order valence-corrected chi connectivity index (χ3v) is 4.68. The molecule has 0 radical (unpaired) electrons. The molecular weight excluding hydrogens is 385 g/mol. The van der Waals surface area contributed by atoms with Crippen molar-refractivity contribution in [3.63, 3.8) is 0 Å². The number of halogens is 2. The first-order chi connectivity index (χ1) is 12.1. The Bertz CT molecular complexity index is 778. The van der Waals surface area contributed by atoms with E-state index in [1.807, 2.05) is 0 Å². The predicted molar refractivity (Wildman–Crippen MR) is 103 cm³/mol. The van der Waals surface area contributed by atoms with Crippen molar-refractivity contribution in [2.75, 3.05) is 22.9 Å². The Morgan fingerprint density at radius 2 is 2.04 bits per heavy atom. The molecule has 1 heterocycles. The zero-order valence-electron chi connectivity index (χ0n) is 13.9. The first-order valence-electron chi connectivity index (χ1n) is 8.38. The highest BCUT2D eigenvalue weighted by Gasteiger charge is 2.11. The van der Waals surface area contributed by atoms with E-state index < -0.39 is 0 Å². The lowest BCUT2D eigenvalue weighted by molar-refractivity contribution is 0.631. The molecule has 0 spiro atoms. The SMILES string of the molecule is Nc1c(NCCC2=CCCCC2)ncnc1Nc1ccc(Br)cc1F. The van der Waals surface area contributed by atoms with Gasteiger partial charge in [0.05, 0.1) is 5.69 Å². The minimum absolute atomic E-state index is 0.312. The average Bonchev–Trinajstić information content (AvgIpc) is 2.61. The number of hydrogen-bond acceptors (Lipinski definition) is 5. The molecule has 2 aromatic rings. The van der Waals surface area contributed by atoms with Crippen LogP contribution in [0.1, 0.15) is 32.1 Å². The zero-order valence-corrected chi connectivity index (χ0v) is 15.4. The summed E-state index contributed by atoms with van der Waals surface area (Å²) in [4.78, 5) is 8.31. The number of anilines is 4. The summed E-state index contributed by atoms with van der Waals surface area (Å²) in [5.74, 6) is 0.563. The molecule has 0 bridgehead atoms. The predicted octanol–water partition coefficient (Wildman–Crippen LogP) is 5.01. The van der Waals surface area contributed by atoms with Gasteiger partial charge in [0.15, 0.2) is 11.6 Å². The van der Waals surface area contributed by atoms with E-state index in [-0.39, 0.29) is 5.82 Å². The van der Waals surface area contributed by atoms with E-state index in [1.165, 1.54) is 43.7 Å². The number of aromatic nitrogens is 2. The van der Waals surface area contributed by atoms with Gasteiger partial charge in [0.2, 0.25) is 0 Å². The summed E-state index contributed by atoms with van der Waals surface area (Å²) in [5, 5.41) is 6.18. The Morgan fingerprint density at radius 1 is 1.20 bits per heavy atom. The van der Waals surface area contributed by atoms with Crippen molar-refractivity contribution < 1.29 is 4.39 Å². The third kappa shape index (κ3) is 4.69. The first kappa shape index (κ1) is 17.7. The van der Waals surface area contributed by atoms with Gasteiger partial charge in [-0.1, -0.05) is 27.6 Å². The van der Waals surface area contributed by atoms with Crippen LogP contribution in [-0.4, -0.2) is 16.5 Å². The number of rotatable bonds is 6. The topological polar surface area (TPSA) is 75.9 Å². The Hall–Kier alpha value is -2.15. The summed E-state index contributed by atoms with van der Waals surface area (Å²) < 4.78 is 14.7. The van der Waals surface area contributed by atoms with Gasteiger partial charge in [0, 0.05) is 11.0 Å². The number of nitrogens with zero attached hydrogens (tertiary/aromatic N) is 2. The van der Waals surface area contributed by atoms with Gasteiger partial charge in [-0.05, 0) is 50.3 Å². The zero-order chi connectivity index (χ0) is 17.6. The summed E-state index contributed by atoms with van der Waals surface area (Å²) in [6.07, 6.45) is 9.64. The Morgan fingerprint density at radius 3 is 2.80 bits per heavy atom. The number of allylic oxidation sites excluding steroid dienone is 1. The molecule has 5 nitrogen and oxygen atoms in total. The molecular formula is C18H21BrFN5. The van der Waals surface area contributed by atoms with Crippen molar-refractivity contribution in [3.8, 4) is 0 Å². The second-order valence-corrected chi connectivity index (χ2v) is 6.93. The lowest BCUT2D eigenvalue weighted by atomic mass is 9.97. The molecule has 0 aliphatic heterocycles. The molecule has 0 saturated heterocycles. The van der Waals surface area contributed by atoms with Gasteiger partial charge < -0.3 is 16.4 Å². The van der Waals surface area contributed by atoms with Gasteiger partial charge in [-0.25, -0.2) is 14.4 Å². The minimum Gasteiger partial charge on any atom is -0.393 e. The van der Waals surface area contributed by atoms with E-state index >= 15 is 0 Å². The van der Waals surface area contributed by atoms with Crippen LogP contribution in [0.15, 0.2) is 40.6 Å². The number of nitrogens with two attached hydrogens (primary N) is 1. The van der Waals surface area contributed by atoms with Gasteiger partial charge >= 0.3 is 0 Å². The summed E-state index contributed by atoms with van der Waals surface area (Å²) in [6.45, 7) is 0.763. The Kier molecular flexibility index (Phi) is 5.86. The fourth-order valence-corrected chi connectivity index (χ4v) is 3.16. The van der Waals surface area contributed by atoms with Crippen molar-refractivity contribution in [3.05, 3.63) is 46.5 Å². The van der Waals surface area contributed by atoms with Crippen molar-refractivity contribution in [2.24, 2.45) is 0 Å². The standard InChI is InChI=1S/C18H21BrFN5/c19-13-6-7-15(14(20)10-13)25-18-16(21)17(23-11-24-18)22-9-8-12-4-2-1-3-5-12/h4,6-7,10-11H,1-3,5,8-9,21H2,(H2,22,23,24,25). The van der Waals surface area contributed by atoms with Crippen LogP contribution in [0.4, 0.5) is 27.4 Å². The maximum Gasteiger partial charge on any atom is 0.159 e. The molecule has 1 aromatic carbocycles. The molecule has 1 aromatic heterocycles. The molecule has 7 heteroatoms. The highest BCUT2D eigenvalue weighted by molar-refractivity contribution is 9.10. The van der Waals surface area contributed by atoms with E-state index in [9.17, 15) is 4.39 Å². The highest BCUT2D eigenvalue weighted by atomic mass is 79.9. The second kappa shape index (κ2) is 8.29. The van der Waals surface area contributed by atoms with E-state index in [4.69, 9.17) is 5.73 Å². The number of hydrogen-bond donors (Lipinski definition) is 3. The molecule has 0 unspecified atom stereocenters. The molecule has 0 saturated carbocycles. The van der Waals surface area contributed by atoms with Crippen LogP contribution in [0.25, 0.3) is 0 Å². The largest absolute Gasteiger partial charge is 0.393 e. The van der Waals surface area contributed by atoms with Crippen LogP contribution in [-0.2, 0) is 0 Å². The van der Waals surface area contributed by atoms with Crippen LogP contribution in [0.3, 0.4) is 0 Å². The molecule has 1 aliphatic carbocycles. The smallest absolute Gasteiger partial charge is 0.159 e. The maximum atomic E-state index is 14.0. The average molecular weight is 406 g/mol. The number of nitrogen functional groups attached to an aromatic ring is 1. The molecule has 1 aliphatic rings. The molecule has 25 heavy (non-hydrogen) atoms. The fraction of sp³-hybridized carbons (Fsp3) is 0.333. The third-order valence-electron chi connectivity index (χ3n) is 4.19. The normalized spacial score (nSPS) is 14.1. The second-order valence-electron chi connectivity index (χ2n) is 6.02. The van der Waals surface area contributed by atoms with Gasteiger partial charge in [-0.15, -0.1) is 0 Å². The molecule has 0 atom stereocenters. The lowest BCUT2D eigenvalue weighted by Gasteiger charge is -2.15. The Balaban J connectivity index is 1.66. The minimum atomic E-state index is -0.383. The molecule has 132 valence electrons. The van der Waals surface area contributed by atoms with Crippen LogP contribution in [0.2, 0.25) is 0 Å².